The molecule has 0 aliphatic heterocycles. The number of anilines is 1. The van der Waals surface area contributed by atoms with Gasteiger partial charge in [-0.15, -0.1) is 0 Å². The Morgan fingerprint density at radius 3 is 2.62 bits per heavy atom. The first-order valence-electron chi connectivity index (χ1n) is 6.75. The van der Waals surface area contributed by atoms with Gasteiger partial charge in [0.1, 0.15) is 5.75 Å². The highest BCUT2D eigenvalue weighted by Gasteiger charge is 2.10. The fourth-order valence-corrected chi connectivity index (χ4v) is 2.09. The summed E-state index contributed by atoms with van der Waals surface area (Å²) in [6.45, 7) is 5.87. The quantitative estimate of drug-likeness (QED) is 0.827. The minimum absolute atomic E-state index is 0.204. The molecule has 1 aromatic carbocycles. The van der Waals surface area contributed by atoms with Gasteiger partial charge in [-0.25, -0.2) is 4.68 Å². The number of aromatic nitrogens is 2. The number of nitrogens with two attached hydrogens (primary N) is 1. The van der Waals surface area contributed by atoms with Crippen molar-refractivity contribution in [1.82, 2.24) is 9.78 Å². The summed E-state index contributed by atoms with van der Waals surface area (Å²) in [5.41, 5.74) is 7.50. The zero-order chi connectivity index (χ0) is 15.6. The molecule has 1 aromatic heterocycles. The third-order valence-electron chi connectivity index (χ3n) is 3.42. The zero-order valence-electron chi connectivity index (χ0n) is 12.4. The number of benzene rings is 1. The summed E-state index contributed by atoms with van der Waals surface area (Å²) < 4.78 is 6.81. The molecular weight excluding hydrogens is 270 g/mol. The van der Waals surface area contributed by atoms with Gasteiger partial charge in [0.2, 0.25) is 0 Å². The van der Waals surface area contributed by atoms with Gasteiger partial charge >= 0.3 is 0 Å². The normalized spacial score (nSPS) is 10.6. The second kappa shape index (κ2) is 5.87. The van der Waals surface area contributed by atoms with Gasteiger partial charge in [-0.2, -0.15) is 0 Å². The molecule has 3 N–H and O–H groups in total. The Labute approximate surface area is 122 Å². The number of H-pyrrole nitrogens is 1. The molecule has 2 aromatic rings. The van der Waals surface area contributed by atoms with Crippen LogP contribution in [0.5, 0.6) is 5.75 Å². The molecule has 0 aliphatic carbocycles. The highest BCUT2D eigenvalue weighted by atomic mass is 16.5. The second-order valence-electron chi connectivity index (χ2n) is 4.88. The van der Waals surface area contributed by atoms with Gasteiger partial charge in [0, 0.05) is 22.4 Å². The zero-order valence-corrected chi connectivity index (χ0v) is 12.4. The van der Waals surface area contributed by atoms with Crippen LogP contribution in [0.25, 0.3) is 0 Å². The average Bonchev–Trinajstić information content (AvgIpc) is 2.45. The van der Waals surface area contributed by atoms with Crippen LogP contribution in [-0.4, -0.2) is 16.4 Å². The first-order chi connectivity index (χ1) is 9.93. The van der Waals surface area contributed by atoms with E-state index in [0.29, 0.717) is 29.2 Å². The van der Waals surface area contributed by atoms with Gasteiger partial charge in [-0.05, 0) is 39.0 Å². The van der Waals surface area contributed by atoms with Crippen molar-refractivity contribution in [3.8, 4) is 5.75 Å². The van der Waals surface area contributed by atoms with Crippen molar-refractivity contribution < 1.29 is 4.74 Å². The number of rotatable bonds is 4. The standard InChI is InChI=1S/C15H19N3O3/c1-4-21-13-6-5-12(16)7-11(13)8-18-15(20)10(3)9(2)14(19)17-18/h5-7H,4,8,16H2,1-3H3,(H,17,19). The van der Waals surface area contributed by atoms with Crippen molar-refractivity contribution in [1.29, 1.82) is 0 Å². The summed E-state index contributed by atoms with van der Waals surface area (Å²) in [4.78, 5) is 24.0. The number of hydrogen-bond acceptors (Lipinski definition) is 4. The molecule has 0 fully saturated rings. The molecule has 0 saturated heterocycles. The lowest BCUT2D eigenvalue weighted by atomic mass is 10.1. The maximum atomic E-state index is 12.2. The molecule has 0 spiro atoms. The molecular formula is C15H19N3O3. The predicted octanol–water partition coefficient (Wildman–Crippen LogP) is 1.18. The SMILES string of the molecule is CCOc1ccc(N)cc1Cn1[nH]c(=O)c(C)c(C)c1=O. The Morgan fingerprint density at radius 2 is 1.95 bits per heavy atom. The van der Waals surface area contributed by atoms with Crippen LogP contribution in [0, 0.1) is 13.8 Å². The number of aromatic amines is 1. The summed E-state index contributed by atoms with van der Waals surface area (Å²) in [5.74, 6) is 0.651. The fraction of sp³-hybridized carbons (Fsp3) is 0.333. The molecule has 112 valence electrons. The van der Waals surface area contributed by atoms with E-state index in [1.807, 2.05) is 6.92 Å². The van der Waals surface area contributed by atoms with Crippen LogP contribution < -0.4 is 21.6 Å². The monoisotopic (exact) mass is 289 g/mol. The first kappa shape index (κ1) is 14.9. The highest BCUT2D eigenvalue weighted by molar-refractivity contribution is 5.48. The van der Waals surface area contributed by atoms with Crippen LogP contribution in [0.15, 0.2) is 27.8 Å². The lowest BCUT2D eigenvalue weighted by Gasteiger charge is -2.13. The molecule has 0 saturated carbocycles. The lowest BCUT2D eigenvalue weighted by Crippen LogP contribution is -2.33. The van der Waals surface area contributed by atoms with Crippen LogP contribution in [0.3, 0.4) is 0 Å². The minimum Gasteiger partial charge on any atom is -0.494 e. The largest absolute Gasteiger partial charge is 0.494 e. The van der Waals surface area contributed by atoms with E-state index in [-0.39, 0.29) is 17.7 Å². The molecule has 0 radical (unpaired) electrons. The van der Waals surface area contributed by atoms with Crippen LogP contribution >= 0.6 is 0 Å². The average molecular weight is 289 g/mol. The lowest BCUT2D eigenvalue weighted by molar-refractivity contribution is 0.335. The molecule has 0 unspecified atom stereocenters. The maximum Gasteiger partial charge on any atom is 0.268 e. The molecule has 0 amide bonds. The molecule has 0 atom stereocenters. The van der Waals surface area contributed by atoms with E-state index in [4.69, 9.17) is 10.5 Å². The first-order valence-corrected chi connectivity index (χ1v) is 6.75. The third kappa shape index (κ3) is 2.99. The number of ether oxygens (including phenoxy) is 1. The van der Waals surface area contributed by atoms with E-state index < -0.39 is 0 Å². The van der Waals surface area contributed by atoms with E-state index in [2.05, 4.69) is 5.10 Å². The topological polar surface area (TPSA) is 90.1 Å². The highest BCUT2D eigenvalue weighted by Crippen LogP contribution is 2.21. The van der Waals surface area contributed by atoms with Gasteiger partial charge in [0.05, 0.1) is 13.2 Å². The van der Waals surface area contributed by atoms with Crippen molar-refractivity contribution in [2.45, 2.75) is 27.3 Å². The Morgan fingerprint density at radius 1 is 1.24 bits per heavy atom. The van der Waals surface area contributed by atoms with Crippen LogP contribution in [0.2, 0.25) is 0 Å². The molecule has 6 heteroatoms. The van der Waals surface area contributed by atoms with Gasteiger partial charge in [-0.3, -0.25) is 14.7 Å². The Kier molecular flexibility index (Phi) is 4.16. The van der Waals surface area contributed by atoms with Crippen molar-refractivity contribution in [2.24, 2.45) is 0 Å². The Bertz CT molecular complexity index is 775. The number of hydrogen-bond donors (Lipinski definition) is 2. The van der Waals surface area contributed by atoms with Crippen molar-refractivity contribution >= 4 is 5.69 Å². The van der Waals surface area contributed by atoms with Crippen LogP contribution in [0.4, 0.5) is 5.69 Å². The minimum atomic E-state index is -0.269. The van der Waals surface area contributed by atoms with Gasteiger partial charge < -0.3 is 10.5 Å². The summed E-state index contributed by atoms with van der Waals surface area (Å²) >= 11 is 0. The molecule has 21 heavy (non-hydrogen) atoms. The van der Waals surface area contributed by atoms with Crippen LogP contribution in [0.1, 0.15) is 23.6 Å². The molecule has 0 aliphatic rings. The Balaban J connectivity index is 2.50. The predicted molar refractivity (Wildman–Crippen MR) is 81.9 cm³/mol. The summed E-state index contributed by atoms with van der Waals surface area (Å²) in [6, 6.07) is 5.24. The van der Waals surface area contributed by atoms with Crippen LogP contribution in [-0.2, 0) is 6.54 Å². The summed E-state index contributed by atoms with van der Waals surface area (Å²) in [5, 5.41) is 2.57. The van der Waals surface area contributed by atoms with Crippen molar-refractivity contribution in [3.05, 3.63) is 55.6 Å². The van der Waals surface area contributed by atoms with Gasteiger partial charge in [0.25, 0.3) is 11.1 Å². The van der Waals surface area contributed by atoms with E-state index in [9.17, 15) is 9.59 Å². The maximum absolute atomic E-state index is 12.2. The van der Waals surface area contributed by atoms with Crippen molar-refractivity contribution in [2.75, 3.05) is 12.3 Å². The summed E-state index contributed by atoms with van der Waals surface area (Å²) in [7, 11) is 0. The van der Waals surface area contributed by atoms with Gasteiger partial charge in [-0.1, -0.05) is 0 Å². The number of nitrogen functional groups attached to an aromatic ring is 1. The molecule has 6 nitrogen and oxygen atoms in total. The molecule has 0 bridgehead atoms. The molecule has 2 rings (SSSR count). The van der Waals surface area contributed by atoms with E-state index >= 15 is 0 Å². The Hall–Kier alpha value is -2.50. The van der Waals surface area contributed by atoms with E-state index in [0.717, 1.165) is 5.56 Å². The summed E-state index contributed by atoms with van der Waals surface area (Å²) in [6.07, 6.45) is 0. The van der Waals surface area contributed by atoms with Gasteiger partial charge in [0.15, 0.2) is 0 Å². The second-order valence-corrected chi connectivity index (χ2v) is 4.88. The number of nitrogens with one attached hydrogen (secondary N) is 1. The molecule has 1 heterocycles. The fourth-order valence-electron chi connectivity index (χ4n) is 2.09. The van der Waals surface area contributed by atoms with Crippen molar-refractivity contribution in [3.63, 3.8) is 0 Å². The number of nitrogens with zero attached hydrogens (tertiary/aromatic N) is 1. The van der Waals surface area contributed by atoms with E-state index in [1.54, 1.807) is 32.0 Å². The third-order valence-corrected chi connectivity index (χ3v) is 3.42. The smallest absolute Gasteiger partial charge is 0.268 e. The van der Waals surface area contributed by atoms with E-state index in [1.165, 1.54) is 4.68 Å².